The first-order valence-electron chi connectivity index (χ1n) is 6.71. The third-order valence-electron chi connectivity index (χ3n) is 3.13. The number of rotatable bonds is 5. The molecular formula is C15H17ClFN3O2. The van der Waals surface area contributed by atoms with E-state index in [9.17, 15) is 14.3 Å². The van der Waals surface area contributed by atoms with E-state index in [1.807, 2.05) is 30.1 Å². The molecule has 1 atom stereocenters. The number of aromatic nitrogens is 1. The lowest BCUT2D eigenvalue weighted by molar-refractivity contribution is 0.172. The SMILES string of the molecule is Cn1ccc(CNC(=O)NC[C@H](O)c2ccc(Cl)c(F)c2)c1. The lowest BCUT2D eigenvalue weighted by Gasteiger charge is -2.13. The second kappa shape index (κ2) is 7.29. The number of urea groups is 1. The van der Waals surface area contributed by atoms with Crippen LogP contribution in [-0.4, -0.2) is 22.2 Å². The fourth-order valence-corrected chi connectivity index (χ4v) is 2.05. The van der Waals surface area contributed by atoms with Crippen LogP contribution in [0.5, 0.6) is 0 Å². The zero-order chi connectivity index (χ0) is 16.1. The number of aliphatic hydroxyl groups excluding tert-OH is 1. The Bertz CT molecular complexity index is 660. The Morgan fingerprint density at radius 2 is 2.18 bits per heavy atom. The summed E-state index contributed by atoms with van der Waals surface area (Å²) < 4.78 is 15.2. The maximum Gasteiger partial charge on any atom is 0.315 e. The van der Waals surface area contributed by atoms with Crippen molar-refractivity contribution in [2.24, 2.45) is 7.05 Å². The molecule has 0 spiro atoms. The summed E-state index contributed by atoms with van der Waals surface area (Å²) in [7, 11) is 1.89. The number of carbonyl (C=O) groups excluding carboxylic acids is 1. The van der Waals surface area contributed by atoms with Crippen LogP contribution < -0.4 is 10.6 Å². The number of nitrogens with zero attached hydrogens (tertiary/aromatic N) is 1. The van der Waals surface area contributed by atoms with Crippen molar-refractivity contribution in [2.45, 2.75) is 12.6 Å². The summed E-state index contributed by atoms with van der Waals surface area (Å²) in [6, 6.07) is 5.52. The molecule has 1 aromatic heterocycles. The molecule has 118 valence electrons. The van der Waals surface area contributed by atoms with E-state index in [0.717, 1.165) is 11.6 Å². The van der Waals surface area contributed by atoms with Crippen LogP contribution in [0.4, 0.5) is 9.18 Å². The quantitative estimate of drug-likeness (QED) is 0.790. The lowest BCUT2D eigenvalue weighted by atomic mass is 10.1. The highest BCUT2D eigenvalue weighted by atomic mass is 35.5. The highest BCUT2D eigenvalue weighted by Crippen LogP contribution is 2.19. The average Bonchev–Trinajstić information content (AvgIpc) is 2.91. The predicted octanol–water partition coefficient (Wildman–Crippen LogP) is 2.35. The second-order valence-electron chi connectivity index (χ2n) is 4.94. The van der Waals surface area contributed by atoms with Crippen LogP contribution in [0.25, 0.3) is 0 Å². The molecule has 1 heterocycles. The van der Waals surface area contributed by atoms with E-state index in [0.29, 0.717) is 12.1 Å². The van der Waals surface area contributed by atoms with Crippen LogP contribution in [0.3, 0.4) is 0 Å². The highest BCUT2D eigenvalue weighted by molar-refractivity contribution is 6.30. The molecule has 22 heavy (non-hydrogen) atoms. The van der Waals surface area contributed by atoms with Crippen molar-refractivity contribution >= 4 is 17.6 Å². The van der Waals surface area contributed by atoms with E-state index in [2.05, 4.69) is 10.6 Å². The molecule has 2 aromatic rings. The molecule has 0 aliphatic rings. The van der Waals surface area contributed by atoms with Crippen molar-refractivity contribution < 1.29 is 14.3 Å². The summed E-state index contributed by atoms with van der Waals surface area (Å²) >= 11 is 5.58. The van der Waals surface area contributed by atoms with Crippen LogP contribution in [0.15, 0.2) is 36.7 Å². The number of carbonyl (C=O) groups is 1. The third kappa shape index (κ3) is 4.47. The van der Waals surface area contributed by atoms with Crippen molar-refractivity contribution in [1.82, 2.24) is 15.2 Å². The summed E-state index contributed by atoms with van der Waals surface area (Å²) in [5.74, 6) is -0.605. The van der Waals surface area contributed by atoms with E-state index in [1.54, 1.807) is 0 Å². The van der Waals surface area contributed by atoms with Gasteiger partial charge in [0.15, 0.2) is 0 Å². The molecule has 0 unspecified atom stereocenters. The first kappa shape index (κ1) is 16.3. The summed E-state index contributed by atoms with van der Waals surface area (Å²) in [6.07, 6.45) is 2.77. The predicted molar refractivity (Wildman–Crippen MR) is 82.0 cm³/mol. The van der Waals surface area contributed by atoms with Gasteiger partial charge in [0, 0.05) is 32.5 Å². The topological polar surface area (TPSA) is 66.3 Å². The average molecular weight is 326 g/mol. The van der Waals surface area contributed by atoms with E-state index in [-0.39, 0.29) is 11.6 Å². The summed E-state index contributed by atoms with van der Waals surface area (Å²) in [4.78, 5) is 11.6. The van der Waals surface area contributed by atoms with E-state index in [4.69, 9.17) is 11.6 Å². The highest BCUT2D eigenvalue weighted by Gasteiger charge is 2.11. The monoisotopic (exact) mass is 325 g/mol. The maximum absolute atomic E-state index is 13.3. The summed E-state index contributed by atoms with van der Waals surface area (Å²) in [5.41, 5.74) is 1.32. The number of halogens is 2. The fraction of sp³-hybridized carbons (Fsp3) is 0.267. The van der Waals surface area contributed by atoms with Gasteiger partial charge in [-0.2, -0.15) is 0 Å². The van der Waals surface area contributed by atoms with Crippen molar-refractivity contribution in [3.8, 4) is 0 Å². The Kier molecular flexibility index (Phi) is 5.41. The van der Waals surface area contributed by atoms with Crippen LogP contribution in [0.2, 0.25) is 5.02 Å². The molecule has 0 aliphatic heterocycles. The number of aryl methyl sites for hydroxylation is 1. The molecule has 0 fully saturated rings. The van der Waals surface area contributed by atoms with Crippen LogP contribution in [0.1, 0.15) is 17.2 Å². The molecule has 2 rings (SSSR count). The molecule has 7 heteroatoms. The molecule has 3 N–H and O–H groups in total. The first-order chi connectivity index (χ1) is 10.5. The normalized spacial score (nSPS) is 12.0. The van der Waals surface area contributed by atoms with Crippen molar-refractivity contribution in [3.63, 3.8) is 0 Å². The van der Waals surface area contributed by atoms with Gasteiger partial charge in [-0.15, -0.1) is 0 Å². The molecule has 2 amide bonds. The molecule has 0 aliphatic carbocycles. The summed E-state index contributed by atoms with van der Waals surface area (Å²) in [5, 5.41) is 15.1. The molecule has 0 radical (unpaired) electrons. The Balaban J connectivity index is 1.78. The number of nitrogens with one attached hydrogen (secondary N) is 2. The molecule has 5 nitrogen and oxygen atoms in total. The maximum atomic E-state index is 13.3. The smallest absolute Gasteiger partial charge is 0.315 e. The van der Waals surface area contributed by atoms with Crippen LogP contribution in [-0.2, 0) is 13.6 Å². The first-order valence-corrected chi connectivity index (χ1v) is 7.09. The molecule has 1 aromatic carbocycles. The third-order valence-corrected chi connectivity index (χ3v) is 3.44. The zero-order valence-electron chi connectivity index (χ0n) is 12.0. The Hall–Kier alpha value is -2.05. The minimum absolute atomic E-state index is 0.00971. The Morgan fingerprint density at radius 3 is 2.82 bits per heavy atom. The standard InChI is InChI=1S/C15H17ClFN3O2/c1-20-5-4-10(9-20)7-18-15(22)19-8-14(21)11-2-3-12(16)13(17)6-11/h2-6,9,14,21H,7-8H2,1H3,(H2,18,19,22)/t14-/m0/s1. The van der Waals surface area contributed by atoms with Crippen molar-refractivity contribution in [1.29, 1.82) is 0 Å². The van der Waals surface area contributed by atoms with Gasteiger partial charge in [0.1, 0.15) is 5.82 Å². The lowest BCUT2D eigenvalue weighted by Crippen LogP contribution is -2.37. The van der Waals surface area contributed by atoms with Gasteiger partial charge >= 0.3 is 6.03 Å². The number of aliphatic hydroxyl groups is 1. The van der Waals surface area contributed by atoms with E-state index < -0.39 is 18.0 Å². The van der Waals surface area contributed by atoms with Crippen LogP contribution in [0, 0.1) is 5.82 Å². The second-order valence-corrected chi connectivity index (χ2v) is 5.35. The molecular weight excluding hydrogens is 309 g/mol. The van der Waals surface area contributed by atoms with Crippen LogP contribution >= 0.6 is 11.6 Å². The number of hydrogen-bond donors (Lipinski definition) is 3. The van der Waals surface area contributed by atoms with Gasteiger partial charge in [0.05, 0.1) is 11.1 Å². The van der Waals surface area contributed by atoms with Gasteiger partial charge < -0.3 is 20.3 Å². The van der Waals surface area contributed by atoms with Crippen molar-refractivity contribution in [3.05, 3.63) is 58.6 Å². The summed E-state index contributed by atoms with van der Waals surface area (Å²) in [6.45, 7) is 0.361. The van der Waals surface area contributed by atoms with Gasteiger partial charge in [-0.1, -0.05) is 17.7 Å². The Labute approximate surface area is 132 Å². The van der Waals surface area contributed by atoms with Gasteiger partial charge in [-0.25, -0.2) is 9.18 Å². The molecule has 0 saturated heterocycles. The van der Waals surface area contributed by atoms with Gasteiger partial charge in [0.25, 0.3) is 0 Å². The molecule has 0 saturated carbocycles. The minimum atomic E-state index is -1.01. The minimum Gasteiger partial charge on any atom is -0.387 e. The number of amides is 2. The van der Waals surface area contributed by atoms with Gasteiger partial charge in [-0.3, -0.25) is 0 Å². The molecule has 0 bridgehead atoms. The number of benzene rings is 1. The zero-order valence-corrected chi connectivity index (χ0v) is 12.8. The van der Waals surface area contributed by atoms with Gasteiger partial charge in [0.2, 0.25) is 0 Å². The largest absolute Gasteiger partial charge is 0.387 e. The fourth-order valence-electron chi connectivity index (χ4n) is 1.94. The Morgan fingerprint density at radius 1 is 1.41 bits per heavy atom. The van der Waals surface area contributed by atoms with Crippen molar-refractivity contribution in [2.75, 3.05) is 6.54 Å². The van der Waals surface area contributed by atoms with E-state index >= 15 is 0 Å². The number of hydrogen-bond acceptors (Lipinski definition) is 2. The van der Waals surface area contributed by atoms with Gasteiger partial charge in [-0.05, 0) is 29.3 Å². The van der Waals surface area contributed by atoms with E-state index in [1.165, 1.54) is 12.1 Å².